The van der Waals surface area contributed by atoms with Crippen molar-refractivity contribution in [3.05, 3.63) is 57.8 Å². The first-order chi connectivity index (χ1) is 9.65. The van der Waals surface area contributed by atoms with Crippen molar-refractivity contribution in [2.24, 2.45) is 0 Å². The van der Waals surface area contributed by atoms with Gasteiger partial charge < -0.3 is 10.3 Å². The van der Waals surface area contributed by atoms with Crippen LogP contribution in [-0.4, -0.2) is 15.9 Å². The minimum Gasteiger partial charge on any atom is -0.322 e. The highest BCUT2D eigenvalue weighted by atomic mass is 16.2. The van der Waals surface area contributed by atoms with E-state index in [1.165, 1.54) is 0 Å². The number of rotatable bonds is 3. The van der Waals surface area contributed by atoms with Gasteiger partial charge in [0.25, 0.3) is 11.5 Å². The number of aromatic amines is 1. The quantitative estimate of drug-likeness (QED) is 0.897. The summed E-state index contributed by atoms with van der Waals surface area (Å²) >= 11 is 0. The normalized spacial score (nSPS) is 14.1. The van der Waals surface area contributed by atoms with Gasteiger partial charge in [-0.1, -0.05) is 18.2 Å². The third kappa shape index (κ3) is 2.47. The zero-order valence-corrected chi connectivity index (χ0v) is 11.1. The van der Waals surface area contributed by atoms with Gasteiger partial charge in [0.05, 0.1) is 5.69 Å². The predicted molar refractivity (Wildman–Crippen MR) is 76.0 cm³/mol. The predicted octanol–water partition coefficient (Wildman–Crippen LogP) is 2.21. The summed E-state index contributed by atoms with van der Waals surface area (Å²) < 4.78 is 0. The zero-order valence-electron chi connectivity index (χ0n) is 11.1. The van der Waals surface area contributed by atoms with Crippen LogP contribution in [0.5, 0.6) is 0 Å². The Balaban J connectivity index is 1.90. The molecule has 0 saturated heterocycles. The summed E-state index contributed by atoms with van der Waals surface area (Å²) in [5.41, 5.74) is 0.845. The van der Waals surface area contributed by atoms with Crippen LogP contribution in [0.2, 0.25) is 0 Å². The van der Waals surface area contributed by atoms with E-state index in [-0.39, 0.29) is 11.1 Å². The van der Waals surface area contributed by atoms with E-state index in [1.807, 2.05) is 18.2 Å². The molecule has 0 bridgehead atoms. The van der Waals surface area contributed by atoms with Crippen molar-refractivity contribution in [2.45, 2.75) is 25.7 Å². The molecule has 20 heavy (non-hydrogen) atoms. The highest BCUT2D eigenvalue weighted by Gasteiger charge is 2.28. The van der Waals surface area contributed by atoms with Gasteiger partial charge in [-0.05, 0) is 31.9 Å². The first-order valence-corrected chi connectivity index (χ1v) is 6.62. The molecule has 2 aromatic rings. The maximum atomic E-state index is 12.2. The molecule has 1 amide bonds. The first-order valence-electron chi connectivity index (χ1n) is 6.62. The summed E-state index contributed by atoms with van der Waals surface area (Å²) in [4.78, 5) is 31.3. The standard InChI is InChI=1S/C15H15N3O2/c1-9-12(14(19)17-11-5-3-2-4-6-11)15(20)18-13(16-9)10-7-8-10/h2-6,10H,7-8H2,1H3,(H,17,19)(H,16,18,20). The van der Waals surface area contributed by atoms with Gasteiger partial charge in [0.1, 0.15) is 11.4 Å². The van der Waals surface area contributed by atoms with Crippen LogP contribution in [-0.2, 0) is 0 Å². The number of hydrogen-bond acceptors (Lipinski definition) is 3. The van der Waals surface area contributed by atoms with E-state index >= 15 is 0 Å². The number of aryl methyl sites for hydroxylation is 1. The van der Waals surface area contributed by atoms with E-state index in [1.54, 1.807) is 19.1 Å². The topological polar surface area (TPSA) is 74.8 Å². The molecule has 1 aromatic carbocycles. The number of para-hydroxylation sites is 1. The molecule has 5 heteroatoms. The van der Waals surface area contributed by atoms with Crippen LogP contribution in [0.3, 0.4) is 0 Å². The molecule has 1 heterocycles. The van der Waals surface area contributed by atoms with Crippen molar-refractivity contribution in [3.8, 4) is 0 Å². The summed E-state index contributed by atoms with van der Waals surface area (Å²) in [5, 5.41) is 2.71. The number of amides is 1. The Hall–Kier alpha value is -2.43. The van der Waals surface area contributed by atoms with Gasteiger partial charge >= 0.3 is 0 Å². The van der Waals surface area contributed by atoms with Crippen LogP contribution in [0.1, 0.15) is 40.6 Å². The molecule has 1 fully saturated rings. The Bertz CT molecular complexity index is 703. The number of anilines is 1. The SMILES string of the molecule is Cc1nc(C2CC2)[nH]c(=O)c1C(=O)Nc1ccccc1. The third-order valence-corrected chi connectivity index (χ3v) is 3.34. The Kier molecular flexibility index (Phi) is 3.10. The fourth-order valence-corrected chi connectivity index (χ4v) is 2.14. The molecule has 2 N–H and O–H groups in total. The number of H-pyrrole nitrogens is 1. The van der Waals surface area contributed by atoms with Gasteiger partial charge in [-0.2, -0.15) is 0 Å². The fraction of sp³-hybridized carbons (Fsp3) is 0.267. The van der Waals surface area contributed by atoms with E-state index in [0.717, 1.165) is 12.8 Å². The van der Waals surface area contributed by atoms with Crippen molar-refractivity contribution in [1.29, 1.82) is 0 Å². The van der Waals surface area contributed by atoms with Crippen LogP contribution in [0.15, 0.2) is 35.1 Å². The summed E-state index contributed by atoms with van der Waals surface area (Å²) in [6.07, 6.45) is 2.11. The van der Waals surface area contributed by atoms with Gasteiger partial charge in [0, 0.05) is 11.6 Å². The second kappa shape index (κ2) is 4.92. The summed E-state index contributed by atoms with van der Waals surface area (Å²) in [6, 6.07) is 9.04. The molecule has 0 unspecified atom stereocenters. The van der Waals surface area contributed by atoms with Gasteiger partial charge in [-0.3, -0.25) is 9.59 Å². The number of aromatic nitrogens is 2. The third-order valence-electron chi connectivity index (χ3n) is 3.34. The van der Waals surface area contributed by atoms with Crippen molar-refractivity contribution in [2.75, 3.05) is 5.32 Å². The molecule has 1 aliphatic rings. The van der Waals surface area contributed by atoms with Crippen LogP contribution in [0, 0.1) is 6.92 Å². The highest BCUT2D eigenvalue weighted by Crippen LogP contribution is 2.37. The summed E-state index contributed by atoms with van der Waals surface area (Å²) in [6.45, 7) is 1.70. The molecule has 102 valence electrons. The second-order valence-electron chi connectivity index (χ2n) is 5.01. The molecule has 1 saturated carbocycles. The Morgan fingerprint density at radius 2 is 2.00 bits per heavy atom. The van der Waals surface area contributed by atoms with Crippen molar-refractivity contribution < 1.29 is 4.79 Å². The largest absolute Gasteiger partial charge is 0.322 e. The van der Waals surface area contributed by atoms with Crippen molar-refractivity contribution in [1.82, 2.24) is 9.97 Å². The molecular weight excluding hydrogens is 254 g/mol. The fourth-order valence-electron chi connectivity index (χ4n) is 2.14. The molecule has 3 rings (SSSR count). The average Bonchev–Trinajstić information content (AvgIpc) is 3.23. The van der Waals surface area contributed by atoms with Gasteiger partial charge in [0.15, 0.2) is 0 Å². The second-order valence-corrected chi connectivity index (χ2v) is 5.01. The lowest BCUT2D eigenvalue weighted by Crippen LogP contribution is -2.27. The molecule has 1 aliphatic carbocycles. The van der Waals surface area contributed by atoms with Gasteiger partial charge in [-0.25, -0.2) is 4.98 Å². The Labute approximate surface area is 116 Å². The molecular formula is C15H15N3O2. The van der Waals surface area contributed by atoms with Crippen LogP contribution in [0.25, 0.3) is 0 Å². The average molecular weight is 269 g/mol. The Morgan fingerprint density at radius 1 is 1.30 bits per heavy atom. The number of carbonyl (C=O) groups excluding carboxylic acids is 1. The molecule has 0 aliphatic heterocycles. The van der Waals surface area contributed by atoms with Crippen LogP contribution in [0.4, 0.5) is 5.69 Å². The van der Waals surface area contributed by atoms with E-state index in [4.69, 9.17) is 0 Å². The monoisotopic (exact) mass is 269 g/mol. The Morgan fingerprint density at radius 3 is 2.60 bits per heavy atom. The summed E-state index contributed by atoms with van der Waals surface area (Å²) in [5.74, 6) is 0.626. The molecule has 0 spiro atoms. The number of benzene rings is 1. The molecule has 5 nitrogen and oxygen atoms in total. The minimum absolute atomic E-state index is 0.0817. The van der Waals surface area contributed by atoms with E-state index < -0.39 is 5.91 Å². The molecule has 0 radical (unpaired) electrons. The highest BCUT2D eigenvalue weighted by molar-refractivity contribution is 6.04. The minimum atomic E-state index is -0.426. The zero-order chi connectivity index (χ0) is 14.1. The number of hydrogen-bond donors (Lipinski definition) is 2. The van der Waals surface area contributed by atoms with Crippen LogP contribution < -0.4 is 10.9 Å². The maximum Gasteiger partial charge on any atom is 0.264 e. The summed E-state index contributed by atoms with van der Waals surface area (Å²) in [7, 11) is 0. The van der Waals surface area contributed by atoms with E-state index in [0.29, 0.717) is 23.1 Å². The van der Waals surface area contributed by atoms with Gasteiger partial charge in [-0.15, -0.1) is 0 Å². The van der Waals surface area contributed by atoms with Crippen LogP contribution >= 0.6 is 0 Å². The van der Waals surface area contributed by atoms with E-state index in [9.17, 15) is 9.59 Å². The van der Waals surface area contributed by atoms with Crippen molar-refractivity contribution in [3.63, 3.8) is 0 Å². The molecule has 0 atom stereocenters. The number of carbonyl (C=O) groups is 1. The molecule has 1 aromatic heterocycles. The maximum absolute atomic E-state index is 12.2. The lowest BCUT2D eigenvalue weighted by molar-refractivity contribution is 0.102. The van der Waals surface area contributed by atoms with Crippen molar-refractivity contribution >= 4 is 11.6 Å². The first kappa shape index (κ1) is 12.6. The van der Waals surface area contributed by atoms with Gasteiger partial charge in [0.2, 0.25) is 0 Å². The number of nitrogens with zero attached hydrogens (tertiary/aromatic N) is 1. The van der Waals surface area contributed by atoms with E-state index in [2.05, 4.69) is 15.3 Å². The lowest BCUT2D eigenvalue weighted by Gasteiger charge is -2.07. The lowest BCUT2D eigenvalue weighted by atomic mass is 10.2. The number of nitrogens with one attached hydrogen (secondary N) is 2. The smallest absolute Gasteiger partial charge is 0.264 e.